The second kappa shape index (κ2) is 8.65. The number of rotatable bonds is 6. The van der Waals surface area contributed by atoms with Gasteiger partial charge in [-0.05, 0) is 31.5 Å². The highest BCUT2D eigenvalue weighted by atomic mass is 35.5. The van der Waals surface area contributed by atoms with Gasteiger partial charge >= 0.3 is 6.03 Å². The van der Waals surface area contributed by atoms with Crippen LogP contribution in [0.5, 0.6) is 0 Å². The molecule has 3 amide bonds. The topological polar surface area (TPSA) is 83.1 Å². The fourth-order valence-corrected chi connectivity index (χ4v) is 2.76. The third-order valence-corrected chi connectivity index (χ3v) is 4.26. The van der Waals surface area contributed by atoms with Crippen LogP contribution in [0.25, 0.3) is 0 Å². The lowest BCUT2D eigenvalue weighted by Gasteiger charge is -2.10. The Kier molecular flexibility index (Phi) is 6.57. The zero-order valence-corrected chi connectivity index (χ0v) is 15.0. The Morgan fingerprint density at radius 1 is 1.33 bits per heavy atom. The molecule has 0 aliphatic heterocycles. The summed E-state index contributed by atoms with van der Waals surface area (Å²) in [6.45, 7) is 3.96. The summed E-state index contributed by atoms with van der Waals surface area (Å²) in [4.78, 5) is 28.0. The minimum atomic E-state index is -0.415. The maximum atomic E-state index is 11.9. The molecule has 6 nitrogen and oxygen atoms in total. The van der Waals surface area contributed by atoms with E-state index in [0.717, 1.165) is 6.42 Å². The number of nitrogens with zero attached hydrogens (tertiary/aromatic N) is 1. The highest BCUT2D eigenvalue weighted by molar-refractivity contribution is 7.14. The number of benzene rings is 1. The Morgan fingerprint density at radius 3 is 2.83 bits per heavy atom. The number of nitrogens with one attached hydrogen (secondary N) is 3. The van der Waals surface area contributed by atoms with Gasteiger partial charge in [-0.1, -0.05) is 24.6 Å². The molecule has 1 aromatic carbocycles. The van der Waals surface area contributed by atoms with Crippen molar-refractivity contribution in [2.24, 2.45) is 0 Å². The molecule has 1 aromatic heterocycles. The second-order valence-corrected chi connectivity index (χ2v) is 6.58. The van der Waals surface area contributed by atoms with Crippen molar-refractivity contribution in [1.29, 1.82) is 0 Å². The van der Waals surface area contributed by atoms with Gasteiger partial charge in [-0.3, -0.25) is 10.1 Å². The summed E-state index contributed by atoms with van der Waals surface area (Å²) in [5.74, 6) is -0.0791. The van der Waals surface area contributed by atoms with E-state index in [1.165, 1.54) is 11.3 Å². The van der Waals surface area contributed by atoms with Crippen LogP contribution >= 0.6 is 22.9 Å². The van der Waals surface area contributed by atoms with E-state index in [1.54, 1.807) is 29.6 Å². The SMILES string of the molecule is CC[C@H](C)NC(=O)Cc1csc(NC(=O)Nc2cccc(Cl)c2)n1. The molecule has 0 aliphatic carbocycles. The molecule has 1 heterocycles. The highest BCUT2D eigenvalue weighted by Crippen LogP contribution is 2.18. The van der Waals surface area contributed by atoms with Crippen LogP contribution in [0.2, 0.25) is 5.02 Å². The fourth-order valence-electron chi connectivity index (χ4n) is 1.86. The quantitative estimate of drug-likeness (QED) is 0.725. The number of halogens is 1. The van der Waals surface area contributed by atoms with E-state index in [-0.39, 0.29) is 18.4 Å². The molecule has 2 aromatic rings. The molecule has 0 radical (unpaired) electrons. The van der Waals surface area contributed by atoms with Crippen LogP contribution in [0.4, 0.5) is 15.6 Å². The molecule has 8 heteroatoms. The van der Waals surface area contributed by atoms with E-state index in [1.807, 2.05) is 13.8 Å². The summed E-state index contributed by atoms with van der Waals surface area (Å²) in [7, 11) is 0. The van der Waals surface area contributed by atoms with Gasteiger partial charge in [0.25, 0.3) is 0 Å². The minimum Gasteiger partial charge on any atom is -0.353 e. The van der Waals surface area contributed by atoms with Gasteiger partial charge in [0.1, 0.15) is 0 Å². The zero-order valence-electron chi connectivity index (χ0n) is 13.4. The van der Waals surface area contributed by atoms with Crippen LogP contribution in [0.15, 0.2) is 29.6 Å². The summed E-state index contributed by atoms with van der Waals surface area (Å²) in [5, 5.41) is 10.9. The molecule has 0 aliphatic rings. The van der Waals surface area contributed by atoms with Gasteiger partial charge in [0.15, 0.2) is 5.13 Å². The van der Waals surface area contributed by atoms with Gasteiger partial charge in [-0.2, -0.15) is 0 Å². The molecule has 3 N–H and O–H groups in total. The lowest BCUT2D eigenvalue weighted by molar-refractivity contribution is -0.121. The van der Waals surface area contributed by atoms with Crippen LogP contribution in [0, 0.1) is 0 Å². The lowest BCUT2D eigenvalue weighted by atomic mass is 10.2. The molecule has 0 bridgehead atoms. The standard InChI is InChI=1S/C16H19ClN4O2S/c1-3-10(2)18-14(22)8-13-9-24-16(20-13)21-15(23)19-12-6-4-5-11(17)7-12/h4-7,9-10H,3,8H2,1-2H3,(H,18,22)(H2,19,20,21,23)/t10-/m0/s1. The van der Waals surface area contributed by atoms with E-state index in [0.29, 0.717) is 21.5 Å². The molecule has 0 unspecified atom stereocenters. The zero-order chi connectivity index (χ0) is 17.5. The number of hydrogen-bond donors (Lipinski definition) is 3. The van der Waals surface area contributed by atoms with Crippen LogP contribution in [-0.2, 0) is 11.2 Å². The van der Waals surface area contributed by atoms with Gasteiger partial charge in [0, 0.05) is 22.1 Å². The van der Waals surface area contributed by atoms with Crippen molar-refractivity contribution in [3.05, 3.63) is 40.4 Å². The summed E-state index contributed by atoms with van der Waals surface area (Å²) >= 11 is 7.14. The Hall–Kier alpha value is -2.12. The van der Waals surface area contributed by atoms with Crippen LogP contribution < -0.4 is 16.0 Å². The predicted molar refractivity (Wildman–Crippen MR) is 97.8 cm³/mol. The number of anilines is 2. The average molecular weight is 367 g/mol. The lowest BCUT2D eigenvalue weighted by Crippen LogP contribution is -2.33. The largest absolute Gasteiger partial charge is 0.353 e. The van der Waals surface area contributed by atoms with Crippen LogP contribution in [-0.4, -0.2) is 23.0 Å². The monoisotopic (exact) mass is 366 g/mol. The van der Waals surface area contributed by atoms with Crippen molar-refractivity contribution in [1.82, 2.24) is 10.3 Å². The van der Waals surface area contributed by atoms with Gasteiger partial charge in [0.05, 0.1) is 12.1 Å². The molecule has 128 valence electrons. The molecule has 24 heavy (non-hydrogen) atoms. The van der Waals surface area contributed by atoms with Crippen molar-refractivity contribution in [2.45, 2.75) is 32.7 Å². The first-order valence-electron chi connectivity index (χ1n) is 7.53. The number of thiazole rings is 1. The normalized spacial score (nSPS) is 11.6. The average Bonchev–Trinajstić information content (AvgIpc) is 2.93. The molecular formula is C16H19ClN4O2S. The van der Waals surface area contributed by atoms with E-state index >= 15 is 0 Å². The van der Waals surface area contributed by atoms with Gasteiger partial charge in [-0.15, -0.1) is 11.3 Å². The molecule has 1 atom stereocenters. The molecule has 0 spiro atoms. The maximum Gasteiger partial charge on any atom is 0.325 e. The van der Waals surface area contributed by atoms with Crippen molar-refractivity contribution < 1.29 is 9.59 Å². The van der Waals surface area contributed by atoms with Crippen LogP contribution in [0.1, 0.15) is 26.0 Å². The number of carbonyl (C=O) groups excluding carboxylic acids is 2. The maximum absolute atomic E-state index is 11.9. The highest BCUT2D eigenvalue weighted by Gasteiger charge is 2.11. The first-order valence-corrected chi connectivity index (χ1v) is 8.79. The number of amides is 3. The summed E-state index contributed by atoms with van der Waals surface area (Å²) in [6, 6.07) is 6.57. The third-order valence-electron chi connectivity index (χ3n) is 3.22. The molecule has 0 fully saturated rings. The predicted octanol–water partition coefficient (Wildman–Crippen LogP) is 3.90. The number of aromatic nitrogens is 1. The summed E-state index contributed by atoms with van der Waals surface area (Å²) in [5.41, 5.74) is 1.21. The summed E-state index contributed by atoms with van der Waals surface area (Å²) < 4.78 is 0. The van der Waals surface area contributed by atoms with Crippen molar-refractivity contribution in [3.8, 4) is 0 Å². The van der Waals surface area contributed by atoms with Crippen molar-refractivity contribution in [3.63, 3.8) is 0 Å². The van der Waals surface area contributed by atoms with Gasteiger partial charge < -0.3 is 10.6 Å². The molecular weight excluding hydrogens is 348 g/mol. The summed E-state index contributed by atoms with van der Waals surface area (Å²) in [6.07, 6.45) is 1.07. The van der Waals surface area contributed by atoms with Gasteiger partial charge in [0.2, 0.25) is 5.91 Å². The molecule has 0 saturated carbocycles. The Morgan fingerprint density at radius 2 is 2.12 bits per heavy atom. The van der Waals surface area contributed by atoms with Gasteiger partial charge in [-0.25, -0.2) is 9.78 Å². The first kappa shape index (κ1) is 18.2. The van der Waals surface area contributed by atoms with E-state index in [9.17, 15) is 9.59 Å². The van der Waals surface area contributed by atoms with E-state index < -0.39 is 6.03 Å². The molecule has 0 saturated heterocycles. The fraction of sp³-hybridized carbons (Fsp3) is 0.312. The third kappa shape index (κ3) is 5.82. The van der Waals surface area contributed by atoms with E-state index in [4.69, 9.17) is 11.6 Å². The van der Waals surface area contributed by atoms with Crippen molar-refractivity contribution in [2.75, 3.05) is 10.6 Å². The van der Waals surface area contributed by atoms with E-state index in [2.05, 4.69) is 20.9 Å². The number of hydrogen-bond acceptors (Lipinski definition) is 4. The Labute approximate surface area is 149 Å². The first-order chi connectivity index (χ1) is 11.5. The second-order valence-electron chi connectivity index (χ2n) is 5.29. The Balaban J connectivity index is 1.86. The Bertz CT molecular complexity index is 720. The van der Waals surface area contributed by atoms with Crippen molar-refractivity contribution >= 4 is 45.7 Å². The minimum absolute atomic E-state index is 0.0791. The van der Waals surface area contributed by atoms with Crippen LogP contribution in [0.3, 0.4) is 0 Å². The molecule has 2 rings (SSSR count). The number of carbonyl (C=O) groups is 2. The smallest absolute Gasteiger partial charge is 0.325 e. The number of urea groups is 1.